The second-order valence-corrected chi connectivity index (χ2v) is 6.39. The Morgan fingerprint density at radius 1 is 1.42 bits per heavy atom. The van der Waals surface area contributed by atoms with Gasteiger partial charge in [0.25, 0.3) is 0 Å². The third-order valence-corrected chi connectivity index (χ3v) is 4.15. The Kier molecular flexibility index (Phi) is 5.44. The van der Waals surface area contributed by atoms with Gasteiger partial charge in [-0.05, 0) is 55.7 Å². The van der Waals surface area contributed by atoms with Gasteiger partial charge in [0.2, 0.25) is 0 Å². The van der Waals surface area contributed by atoms with E-state index in [1.165, 1.54) is 31.4 Å². The Hall–Kier alpha value is -0.830. The van der Waals surface area contributed by atoms with Crippen LogP contribution < -0.4 is 5.32 Å². The van der Waals surface area contributed by atoms with E-state index >= 15 is 0 Å². The van der Waals surface area contributed by atoms with Gasteiger partial charge in [-0.3, -0.25) is 4.68 Å². The number of aryl methyl sites for hydroxylation is 1. The molecule has 108 valence electrons. The maximum atomic E-state index is 4.49. The van der Waals surface area contributed by atoms with E-state index in [1.54, 1.807) is 0 Å². The van der Waals surface area contributed by atoms with Crippen molar-refractivity contribution in [1.82, 2.24) is 15.1 Å². The fraction of sp³-hybridized carbons (Fsp3) is 0.812. The molecule has 2 rings (SSSR count). The number of hydrogen-bond acceptors (Lipinski definition) is 2. The van der Waals surface area contributed by atoms with Gasteiger partial charge in [-0.25, -0.2) is 0 Å². The summed E-state index contributed by atoms with van der Waals surface area (Å²) < 4.78 is 2.10. The zero-order chi connectivity index (χ0) is 13.7. The summed E-state index contributed by atoms with van der Waals surface area (Å²) in [5.41, 5.74) is 1.46. The van der Waals surface area contributed by atoms with E-state index in [-0.39, 0.29) is 0 Å². The van der Waals surface area contributed by atoms with Crippen molar-refractivity contribution in [2.45, 2.75) is 58.9 Å². The molecule has 1 N–H and O–H groups in total. The van der Waals surface area contributed by atoms with Gasteiger partial charge >= 0.3 is 0 Å². The second-order valence-electron chi connectivity index (χ2n) is 6.39. The highest BCUT2D eigenvalue weighted by Crippen LogP contribution is 2.39. The van der Waals surface area contributed by atoms with Crippen LogP contribution in [0.5, 0.6) is 0 Å². The molecule has 1 saturated carbocycles. The Morgan fingerprint density at radius 2 is 2.26 bits per heavy atom. The highest BCUT2D eigenvalue weighted by atomic mass is 15.3. The van der Waals surface area contributed by atoms with Crippen molar-refractivity contribution < 1.29 is 0 Å². The van der Waals surface area contributed by atoms with Crippen LogP contribution in [-0.4, -0.2) is 22.9 Å². The highest BCUT2D eigenvalue weighted by molar-refractivity contribution is 5.14. The van der Waals surface area contributed by atoms with Gasteiger partial charge in [-0.15, -0.1) is 0 Å². The molecule has 1 aliphatic rings. The van der Waals surface area contributed by atoms with Crippen LogP contribution >= 0.6 is 0 Å². The smallest absolute Gasteiger partial charge is 0.0524 e. The normalized spacial score (nSPS) is 23.4. The number of aromatic nitrogens is 2. The lowest BCUT2D eigenvalue weighted by Crippen LogP contribution is -2.27. The fourth-order valence-corrected chi connectivity index (χ4v) is 3.20. The van der Waals surface area contributed by atoms with Crippen LogP contribution in [0.2, 0.25) is 0 Å². The predicted octanol–water partition coefficient (Wildman–Crippen LogP) is 3.42. The SMILES string of the molecule is CCCn1cc(C2CCCC2CNCC(C)C)cn1. The molecular formula is C16H29N3. The topological polar surface area (TPSA) is 29.9 Å². The third kappa shape index (κ3) is 4.07. The summed E-state index contributed by atoms with van der Waals surface area (Å²) in [5.74, 6) is 2.27. The molecule has 1 aliphatic carbocycles. The van der Waals surface area contributed by atoms with Crippen LogP contribution in [0.1, 0.15) is 57.9 Å². The molecule has 1 fully saturated rings. The van der Waals surface area contributed by atoms with Crippen LogP contribution in [0.3, 0.4) is 0 Å². The molecule has 2 unspecified atom stereocenters. The zero-order valence-electron chi connectivity index (χ0n) is 12.7. The molecule has 0 aromatic carbocycles. The van der Waals surface area contributed by atoms with Gasteiger partial charge in [-0.2, -0.15) is 5.10 Å². The molecule has 1 heterocycles. The largest absolute Gasteiger partial charge is 0.316 e. The van der Waals surface area contributed by atoms with Crippen LogP contribution in [-0.2, 0) is 6.54 Å². The molecular weight excluding hydrogens is 234 g/mol. The average Bonchev–Trinajstić information content (AvgIpc) is 2.97. The number of nitrogens with zero attached hydrogens (tertiary/aromatic N) is 2. The van der Waals surface area contributed by atoms with Crippen molar-refractivity contribution in [3.63, 3.8) is 0 Å². The highest BCUT2D eigenvalue weighted by Gasteiger charge is 2.29. The van der Waals surface area contributed by atoms with E-state index in [0.717, 1.165) is 37.3 Å². The first-order chi connectivity index (χ1) is 9.20. The summed E-state index contributed by atoms with van der Waals surface area (Å²) in [4.78, 5) is 0. The molecule has 3 nitrogen and oxygen atoms in total. The van der Waals surface area contributed by atoms with Crippen molar-refractivity contribution >= 4 is 0 Å². The number of rotatable bonds is 7. The maximum absolute atomic E-state index is 4.49. The third-order valence-electron chi connectivity index (χ3n) is 4.15. The first-order valence-corrected chi connectivity index (χ1v) is 7.93. The van der Waals surface area contributed by atoms with Crippen molar-refractivity contribution in [3.8, 4) is 0 Å². The van der Waals surface area contributed by atoms with Crippen molar-refractivity contribution in [3.05, 3.63) is 18.0 Å². The van der Waals surface area contributed by atoms with Crippen LogP contribution in [0, 0.1) is 11.8 Å². The van der Waals surface area contributed by atoms with Gasteiger partial charge in [0, 0.05) is 12.7 Å². The lowest BCUT2D eigenvalue weighted by molar-refractivity contribution is 0.425. The first-order valence-electron chi connectivity index (χ1n) is 7.93. The Balaban J connectivity index is 1.89. The lowest BCUT2D eigenvalue weighted by Gasteiger charge is -2.19. The van der Waals surface area contributed by atoms with E-state index < -0.39 is 0 Å². The standard InChI is InChI=1S/C16H29N3/c1-4-8-19-12-15(11-18-19)16-7-5-6-14(16)10-17-9-13(2)3/h11-14,16-17H,4-10H2,1-3H3. The molecule has 2 atom stereocenters. The zero-order valence-corrected chi connectivity index (χ0v) is 12.7. The van der Waals surface area contributed by atoms with Crippen molar-refractivity contribution in [2.75, 3.05) is 13.1 Å². The summed E-state index contributed by atoms with van der Waals surface area (Å²) in [6, 6.07) is 0. The summed E-state index contributed by atoms with van der Waals surface area (Å²) in [7, 11) is 0. The molecule has 0 amide bonds. The van der Waals surface area contributed by atoms with Crippen LogP contribution in [0.15, 0.2) is 12.4 Å². The van der Waals surface area contributed by atoms with Crippen LogP contribution in [0.4, 0.5) is 0 Å². The van der Waals surface area contributed by atoms with E-state index in [0.29, 0.717) is 0 Å². The molecule has 0 saturated heterocycles. The molecule has 19 heavy (non-hydrogen) atoms. The van der Waals surface area contributed by atoms with E-state index in [4.69, 9.17) is 0 Å². The minimum absolute atomic E-state index is 0.727. The summed E-state index contributed by atoms with van der Waals surface area (Å²) >= 11 is 0. The molecule has 1 aromatic rings. The van der Waals surface area contributed by atoms with Crippen molar-refractivity contribution in [2.24, 2.45) is 11.8 Å². The van der Waals surface area contributed by atoms with E-state index in [2.05, 4.69) is 48.3 Å². The average molecular weight is 263 g/mol. The second kappa shape index (κ2) is 7.09. The molecule has 0 radical (unpaired) electrons. The fourth-order valence-electron chi connectivity index (χ4n) is 3.20. The van der Waals surface area contributed by atoms with Crippen molar-refractivity contribution in [1.29, 1.82) is 0 Å². The predicted molar refractivity (Wildman–Crippen MR) is 80.3 cm³/mol. The van der Waals surface area contributed by atoms with Gasteiger partial charge in [-0.1, -0.05) is 27.2 Å². The summed E-state index contributed by atoms with van der Waals surface area (Å²) in [5, 5.41) is 8.12. The Morgan fingerprint density at radius 3 is 3.00 bits per heavy atom. The van der Waals surface area contributed by atoms with Gasteiger partial charge in [0.15, 0.2) is 0 Å². The maximum Gasteiger partial charge on any atom is 0.0524 e. The monoisotopic (exact) mass is 263 g/mol. The van der Waals surface area contributed by atoms with E-state index in [9.17, 15) is 0 Å². The summed E-state index contributed by atoms with van der Waals surface area (Å²) in [6.07, 6.45) is 9.61. The quantitative estimate of drug-likeness (QED) is 0.817. The number of nitrogens with one attached hydrogen (secondary N) is 1. The molecule has 3 heteroatoms. The minimum atomic E-state index is 0.727. The van der Waals surface area contributed by atoms with Gasteiger partial charge in [0.1, 0.15) is 0 Å². The molecule has 1 aromatic heterocycles. The molecule has 0 spiro atoms. The van der Waals surface area contributed by atoms with E-state index in [1.807, 2.05) is 0 Å². The minimum Gasteiger partial charge on any atom is -0.316 e. The summed E-state index contributed by atoms with van der Waals surface area (Å²) in [6.45, 7) is 10.1. The Labute approximate surface area is 117 Å². The Bertz CT molecular complexity index is 370. The van der Waals surface area contributed by atoms with Crippen LogP contribution in [0.25, 0.3) is 0 Å². The molecule has 0 bridgehead atoms. The van der Waals surface area contributed by atoms with Gasteiger partial charge < -0.3 is 5.32 Å². The molecule has 0 aliphatic heterocycles. The number of hydrogen-bond donors (Lipinski definition) is 1. The first kappa shape index (κ1) is 14.6. The van der Waals surface area contributed by atoms with Gasteiger partial charge in [0.05, 0.1) is 6.20 Å². The lowest BCUT2D eigenvalue weighted by atomic mass is 9.91.